The molecule has 0 saturated heterocycles. The first-order chi connectivity index (χ1) is 8.49. The fourth-order valence-corrected chi connectivity index (χ4v) is 1.91. The number of nitrogens with one attached hydrogen (secondary N) is 1. The van der Waals surface area contributed by atoms with Crippen LogP contribution in [0.2, 0.25) is 0 Å². The molecule has 0 unspecified atom stereocenters. The Balaban J connectivity index is 2.69. The lowest BCUT2D eigenvalue weighted by Crippen LogP contribution is -2.47. The number of rotatable bonds is 6. The number of likely N-dealkylation sites (N-methyl/N-ethyl adjacent to an activating group) is 1. The molecule has 4 nitrogen and oxygen atoms in total. The molecule has 2 atom stereocenters. The number of aliphatic hydroxyl groups is 1. The summed E-state index contributed by atoms with van der Waals surface area (Å²) in [6, 6.07) is 9.60. The van der Waals surface area contributed by atoms with E-state index < -0.39 is 6.10 Å². The summed E-state index contributed by atoms with van der Waals surface area (Å²) in [6.45, 7) is 2.00. The molecular weight excluding hydrogens is 228 g/mol. The SMILES string of the molecule is CC(=O)N[C@@H](Cc1ccccc1)[C@H](O)CN(C)C. The summed E-state index contributed by atoms with van der Waals surface area (Å²) in [7, 11) is 3.80. The zero-order valence-electron chi connectivity index (χ0n) is 11.3. The van der Waals surface area contributed by atoms with Crippen molar-refractivity contribution < 1.29 is 9.90 Å². The van der Waals surface area contributed by atoms with E-state index in [0.717, 1.165) is 5.56 Å². The van der Waals surface area contributed by atoms with Crippen molar-refractivity contribution in [1.29, 1.82) is 0 Å². The lowest BCUT2D eigenvalue weighted by Gasteiger charge is -2.26. The van der Waals surface area contributed by atoms with Crippen molar-refractivity contribution >= 4 is 5.91 Å². The van der Waals surface area contributed by atoms with Crippen LogP contribution >= 0.6 is 0 Å². The van der Waals surface area contributed by atoms with Gasteiger partial charge in [-0.05, 0) is 26.1 Å². The summed E-state index contributed by atoms with van der Waals surface area (Å²) in [5.74, 6) is -0.117. The van der Waals surface area contributed by atoms with E-state index in [1.165, 1.54) is 6.92 Å². The first kappa shape index (κ1) is 14.7. The molecule has 1 aromatic carbocycles. The molecule has 100 valence electrons. The Morgan fingerprint density at radius 3 is 2.44 bits per heavy atom. The number of benzene rings is 1. The Morgan fingerprint density at radius 2 is 1.94 bits per heavy atom. The second-order valence-corrected chi connectivity index (χ2v) is 4.83. The zero-order chi connectivity index (χ0) is 13.5. The van der Waals surface area contributed by atoms with Gasteiger partial charge in [-0.15, -0.1) is 0 Å². The second kappa shape index (κ2) is 7.13. The number of aliphatic hydroxyl groups excluding tert-OH is 1. The standard InChI is InChI=1S/C14H22N2O2/c1-11(17)15-13(14(18)10-16(2)3)9-12-7-5-4-6-8-12/h4-8,13-14,18H,9-10H2,1-3H3,(H,15,17)/t13-,14+/m0/s1. The molecule has 1 amide bonds. The minimum atomic E-state index is -0.580. The number of carbonyl (C=O) groups excluding carboxylic acids is 1. The molecule has 0 bridgehead atoms. The Bertz CT molecular complexity index is 365. The van der Waals surface area contributed by atoms with Crippen LogP contribution in [0.1, 0.15) is 12.5 Å². The maximum Gasteiger partial charge on any atom is 0.217 e. The lowest BCUT2D eigenvalue weighted by atomic mass is 10.0. The van der Waals surface area contributed by atoms with Gasteiger partial charge in [0.25, 0.3) is 0 Å². The van der Waals surface area contributed by atoms with E-state index in [-0.39, 0.29) is 11.9 Å². The highest BCUT2D eigenvalue weighted by Crippen LogP contribution is 2.07. The zero-order valence-corrected chi connectivity index (χ0v) is 11.3. The van der Waals surface area contributed by atoms with Crippen molar-refractivity contribution in [2.45, 2.75) is 25.5 Å². The van der Waals surface area contributed by atoms with Gasteiger partial charge in [-0.1, -0.05) is 30.3 Å². The Labute approximate surface area is 109 Å². The average Bonchev–Trinajstić information content (AvgIpc) is 2.28. The van der Waals surface area contributed by atoms with E-state index in [1.54, 1.807) is 0 Å². The second-order valence-electron chi connectivity index (χ2n) is 4.83. The summed E-state index contributed by atoms with van der Waals surface area (Å²) < 4.78 is 0. The van der Waals surface area contributed by atoms with Gasteiger partial charge in [-0.25, -0.2) is 0 Å². The monoisotopic (exact) mass is 250 g/mol. The van der Waals surface area contributed by atoms with Crippen LogP contribution in [0.15, 0.2) is 30.3 Å². The molecule has 0 aliphatic rings. The minimum absolute atomic E-state index is 0.117. The fraction of sp³-hybridized carbons (Fsp3) is 0.500. The van der Waals surface area contributed by atoms with Gasteiger partial charge in [0, 0.05) is 13.5 Å². The molecular formula is C14H22N2O2. The molecule has 1 aromatic rings. The summed E-state index contributed by atoms with van der Waals surface area (Å²) in [6.07, 6.45) is 0.0548. The normalized spacial score (nSPS) is 14.3. The topological polar surface area (TPSA) is 52.6 Å². The molecule has 0 heterocycles. The van der Waals surface area contributed by atoms with E-state index >= 15 is 0 Å². The molecule has 0 aliphatic carbocycles. The van der Waals surface area contributed by atoms with Crippen LogP contribution in [0, 0.1) is 0 Å². The van der Waals surface area contributed by atoms with E-state index in [4.69, 9.17) is 0 Å². The predicted octanol–water partition coefficient (Wildman–Crippen LogP) is 0.656. The predicted molar refractivity (Wildman–Crippen MR) is 72.3 cm³/mol. The van der Waals surface area contributed by atoms with Gasteiger partial charge in [0.15, 0.2) is 0 Å². The molecule has 4 heteroatoms. The largest absolute Gasteiger partial charge is 0.390 e. The van der Waals surface area contributed by atoms with Crippen LogP contribution in [0.4, 0.5) is 0 Å². The third-order valence-corrected chi connectivity index (χ3v) is 2.70. The Hall–Kier alpha value is -1.39. The first-order valence-corrected chi connectivity index (χ1v) is 6.13. The molecule has 0 saturated carbocycles. The maximum atomic E-state index is 11.2. The van der Waals surface area contributed by atoms with Crippen LogP contribution in [-0.4, -0.2) is 48.7 Å². The van der Waals surface area contributed by atoms with Gasteiger partial charge in [-0.3, -0.25) is 4.79 Å². The average molecular weight is 250 g/mol. The number of amides is 1. The molecule has 1 rings (SSSR count). The van der Waals surface area contributed by atoms with Gasteiger partial charge in [0.1, 0.15) is 0 Å². The third-order valence-electron chi connectivity index (χ3n) is 2.70. The number of carbonyl (C=O) groups is 1. The Morgan fingerprint density at radius 1 is 1.33 bits per heavy atom. The van der Waals surface area contributed by atoms with Gasteiger partial charge >= 0.3 is 0 Å². The maximum absolute atomic E-state index is 11.2. The summed E-state index contributed by atoms with van der Waals surface area (Å²) in [5, 5.41) is 13.0. The number of hydrogen-bond donors (Lipinski definition) is 2. The molecule has 0 aromatic heterocycles. The summed E-state index contributed by atoms with van der Waals surface area (Å²) in [4.78, 5) is 13.1. The van der Waals surface area contributed by atoms with Crippen LogP contribution < -0.4 is 5.32 Å². The number of nitrogens with zero attached hydrogens (tertiary/aromatic N) is 1. The van der Waals surface area contributed by atoms with Crippen LogP contribution in [0.25, 0.3) is 0 Å². The molecule has 18 heavy (non-hydrogen) atoms. The van der Waals surface area contributed by atoms with Gasteiger partial charge < -0.3 is 15.3 Å². The lowest BCUT2D eigenvalue weighted by molar-refractivity contribution is -0.120. The first-order valence-electron chi connectivity index (χ1n) is 6.13. The van der Waals surface area contributed by atoms with E-state index in [9.17, 15) is 9.90 Å². The van der Waals surface area contributed by atoms with E-state index in [1.807, 2.05) is 49.3 Å². The fourth-order valence-electron chi connectivity index (χ4n) is 1.91. The van der Waals surface area contributed by atoms with Crippen molar-refractivity contribution in [2.75, 3.05) is 20.6 Å². The quantitative estimate of drug-likeness (QED) is 0.779. The summed E-state index contributed by atoms with van der Waals surface area (Å²) >= 11 is 0. The van der Waals surface area contributed by atoms with Crippen molar-refractivity contribution in [3.05, 3.63) is 35.9 Å². The van der Waals surface area contributed by atoms with Gasteiger partial charge in [0.2, 0.25) is 5.91 Å². The summed E-state index contributed by atoms with van der Waals surface area (Å²) in [5.41, 5.74) is 1.11. The molecule has 0 radical (unpaired) electrons. The van der Waals surface area contributed by atoms with E-state index in [0.29, 0.717) is 13.0 Å². The van der Waals surface area contributed by atoms with Crippen molar-refractivity contribution in [3.8, 4) is 0 Å². The third kappa shape index (κ3) is 5.29. The van der Waals surface area contributed by atoms with Gasteiger partial charge in [-0.2, -0.15) is 0 Å². The van der Waals surface area contributed by atoms with Crippen molar-refractivity contribution in [2.24, 2.45) is 0 Å². The minimum Gasteiger partial charge on any atom is -0.390 e. The van der Waals surface area contributed by atoms with Crippen LogP contribution in [0.5, 0.6) is 0 Å². The number of hydrogen-bond acceptors (Lipinski definition) is 3. The Kier molecular flexibility index (Phi) is 5.82. The highest BCUT2D eigenvalue weighted by molar-refractivity contribution is 5.73. The van der Waals surface area contributed by atoms with Gasteiger partial charge in [0.05, 0.1) is 12.1 Å². The smallest absolute Gasteiger partial charge is 0.217 e. The van der Waals surface area contributed by atoms with Crippen LogP contribution in [0.3, 0.4) is 0 Å². The highest BCUT2D eigenvalue weighted by atomic mass is 16.3. The van der Waals surface area contributed by atoms with Crippen molar-refractivity contribution in [3.63, 3.8) is 0 Å². The van der Waals surface area contributed by atoms with Crippen LogP contribution in [-0.2, 0) is 11.2 Å². The molecule has 2 N–H and O–H groups in total. The molecule has 0 fully saturated rings. The molecule has 0 spiro atoms. The van der Waals surface area contributed by atoms with Crippen molar-refractivity contribution in [1.82, 2.24) is 10.2 Å². The molecule has 0 aliphatic heterocycles. The van der Waals surface area contributed by atoms with E-state index in [2.05, 4.69) is 5.32 Å². The highest BCUT2D eigenvalue weighted by Gasteiger charge is 2.20.